The molecule has 0 fully saturated rings. The predicted molar refractivity (Wildman–Crippen MR) is 121 cm³/mol. The molecule has 0 spiro atoms. The molecule has 11 heteroatoms. The summed E-state index contributed by atoms with van der Waals surface area (Å²) >= 11 is 6.01. The lowest BCUT2D eigenvalue weighted by Gasteiger charge is -2.10. The quantitative estimate of drug-likeness (QED) is 0.307. The fourth-order valence-corrected chi connectivity index (χ4v) is 3.74. The van der Waals surface area contributed by atoms with E-state index in [2.05, 4.69) is 15.2 Å². The fourth-order valence-electron chi connectivity index (χ4n) is 3.61. The van der Waals surface area contributed by atoms with Crippen molar-refractivity contribution in [2.45, 2.75) is 12.7 Å². The molecule has 0 saturated heterocycles. The van der Waals surface area contributed by atoms with Crippen molar-refractivity contribution >= 4 is 17.2 Å². The minimum atomic E-state index is -4.57. The maximum atomic E-state index is 14.7. The highest BCUT2D eigenvalue weighted by molar-refractivity contribution is 6.30. The van der Waals surface area contributed by atoms with Crippen LogP contribution in [0.5, 0.6) is 0 Å². The van der Waals surface area contributed by atoms with Crippen molar-refractivity contribution in [2.24, 2.45) is 0 Å². The molecular weight excluding hydrogens is 486 g/mol. The molecule has 0 radical (unpaired) electrons. The summed E-state index contributed by atoms with van der Waals surface area (Å²) in [5.41, 5.74) is 0.453. The molecule has 0 bridgehead atoms. The first-order valence-corrected chi connectivity index (χ1v) is 10.6. The number of hydrogen-bond donors (Lipinski definition) is 0. The van der Waals surface area contributed by atoms with Gasteiger partial charge in [0.1, 0.15) is 17.2 Å². The summed E-state index contributed by atoms with van der Waals surface area (Å²) in [4.78, 5) is 16.4. The molecule has 0 aliphatic carbocycles. The zero-order valence-electron chi connectivity index (χ0n) is 17.7. The Morgan fingerprint density at radius 2 is 1.66 bits per heavy atom. The second-order valence-electron chi connectivity index (χ2n) is 7.65. The van der Waals surface area contributed by atoms with Crippen LogP contribution in [0.2, 0.25) is 5.02 Å². The Labute approximate surface area is 200 Å². The summed E-state index contributed by atoms with van der Waals surface area (Å²) in [6, 6.07) is 16.5. The van der Waals surface area contributed by atoms with Gasteiger partial charge in [-0.3, -0.25) is 4.98 Å². The topological polar surface area (TPSA) is 65.1 Å². The third-order valence-corrected chi connectivity index (χ3v) is 5.55. The van der Waals surface area contributed by atoms with Crippen LogP contribution in [0.4, 0.5) is 17.6 Å². The van der Waals surface area contributed by atoms with Crippen LogP contribution in [0.25, 0.3) is 28.0 Å². The molecule has 6 nitrogen and oxygen atoms in total. The number of pyridine rings is 1. The average Bonchev–Trinajstić information content (AvgIpc) is 3.13. The van der Waals surface area contributed by atoms with Crippen LogP contribution in [0.3, 0.4) is 0 Å². The zero-order chi connectivity index (χ0) is 24.7. The minimum absolute atomic E-state index is 0.126. The van der Waals surface area contributed by atoms with Crippen LogP contribution in [-0.2, 0) is 12.7 Å². The number of rotatable bonds is 4. The van der Waals surface area contributed by atoms with Crippen LogP contribution in [0.1, 0.15) is 11.3 Å². The van der Waals surface area contributed by atoms with Gasteiger partial charge in [0.25, 0.3) is 0 Å². The second kappa shape index (κ2) is 8.62. The van der Waals surface area contributed by atoms with Crippen molar-refractivity contribution < 1.29 is 17.6 Å². The number of nitrogens with zero attached hydrogens (tertiary/aromatic N) is 5. The number of aromatic nitrogens is 5. The van der Waals surface area contributed by atoms with Gasteiger partial charge in [0, 0.05) is 22.3 Å². The van der Waals surface area contributed by atoms with Gasteiger partial charge >= 0.3 is 11.9 Å². The first-order chi connectivity index (χ1) is 16.7. The molecule has 5 rings (SSSR count). The number of alkyl halides is 3. The van der Waals surface area contributed by atoms with Crippen LogP contribution in [0, 0.1) is 5.82 Å². The molecule has 0 aliphatic heterocycles. The lowest BCUT2D eigenvalue weighted by atomic mass is 10.00. The lowest BCUT2D eigenvalue weighted by molar-refractivity contribution is -0.141. The van der Waals surface area contributed by atoms with E-state index >= 15 is 0 Å². The van der Waals surface area contributed by atoms with Crippen molar-refractivity contribution in [1.29, 1.82) is 0 Å². The predicted octanol–water partition coefficient (Wildman–Crippen LogP) is 5.48. The Balaban J connectivity index is 1.63. The monoisotopic (exact) mass is 499 g/mol. The SMILES string of the molecule is O=c1n(Cc2ccc(C(F)(F)F)nc2)nc2cc(-c3ccc(Cl)cc3)c(-c3ccccc3F)nn12. The summed E-state index contributed by atoms with van der Waals surface area (Å²) in [5.74, 6) is -0.522. The Hall–Kier alpha value is -4.05. The number of hydrogen-bond acceptors (Lipinski definition) is 4. The highest BCUT2D eigenvalue weighted by Crippen LogP contribution is 2.33. The summed E-state index contributed by atoms with van der Waals surface area (Å²) in [7, 11) is 0. The van der Waals surface area contributed by atoms with E-state index in [4.69, 9.17) is 11.6 Å². The molecule has 0 amide bonds. The van der Waals surface area contributed by atoms with Crippen LogP contribution < -0.4 is 5.69 Å². The maximum Gasteiger partial charge on any atom is 0.433 e. The third kappa shape index (κ3) is 4.40. The van der Waals surface area contributed by atoms with Crippen molar-refractivity contribution in [3.05, 3.63) is 106 Å². The van der Waals surface area contributed by atoms with Gasteiger partial charge in [0.2, 0.25) is 0 Å². The molecule has 0 unspecified atom stereocenters. The Morgan fingerprint density at radius 1 is 0.914 bits per heavy atom. The van der Waals surface area contributed by atoms with E-state index in [0.717, 1.165) is 21.5 Å². The molecule has 3 heterocycles. The molecule has 176 valence electrons. The van der Waals surface area contributed by atoms with Crippen LogP contribution >= 0.6 is 11.6 Å². The number of fused-ring (bicyclic) bond motifs is 1. The van der Waals surface area contributed by atoms with Gasteiger partial charge in [-0.1, -0.05) is 41.9 Å². The number of benzene rings is 2. The minimum Gasteiger partial charge on any atom is -0.251 e. The Morgan fingerprint density at radius 3 is 2.31 bits per heavy atom. The van der Waals surface area contributed by atoms with Crippen LogP contribution in [0.15, 0.2) is 77.7 Å². The van der Waals surface area contributed by atoms with Gasteiger partial charge in [-0.05, 0) is 47.5 Å². The van der Waals surface area contributed by atoms with Crippen molar-refractivity contribution in [1.82, 2.24) is 24.4 Å². The van der Waals surface area contributed by atoms with E-state index in [1.54, 1.807) is 48.5 Å². The fraction of sp³-hybridized carbons (Fsp3) is 0.0833. The molecule has 35 heavy (non-hydrogen) atoms. The van der Waals surface area contributed by atoms with Gasteiger partial charge in [0.05, 0.1) is 6.54 Å². The largest absolute Gasteiger partial charge is 0.433 e. The number of halogens is 5. The molecule has 3 aromatic heterocycles. The molecule has 0 aliphatic rings. The molecular formula is C24H14ClF4N5O. The normalized spacial score (nSPS) is 11.8. The van der Waals surface area contributed by atoms with E-state index in [0.29, 0.717) is 21.7 Å². The van der Waals surface area contributed by atoms with Gasteiger partial charge in [-0.15, -0.1) is 5.10 Å². The smallest absolute Gasteiger partial charge is 0.251 e. The maximum absolute atomic E-state index is 14.7. The summed E-state index contributed by atoms with van der Waals surface area (Å²) < 4.78 is 55.1. The van der Waals surface area contributed by atoms with Gasteiger partial charge in [-0.2, -0.15) is 22.8 Å². The van der Waals surface area contributed by atoms with Gasteiger partial charge < -0.3 is 0 Å². The summed E-state index contributed by atoms with van der Waals surface area (Å²) in [5, 5.41) is 9.19. The first-order valence-electron chi connectivity index (χ1n) is 10.2. The van der Waals surface area contributed by atoms with Crippen LogP contribution in [-0.4, -0.2) is 24.4 Å². The second-order valence-corrected chi connectivity index (χ2v) is 8.09. The van der Waals surface area contributed by atoms with Crippen molar-refractivity contribution in [3.8, 4) is 22.4 Å². The van der Waals surface area contributed by atoms with Gasteiger partial charge in [-0.25, -0.2) is 13.9 Å². The van der Waals surface area contributed by atoms with E-state index in [-0.39, 0.29) is 23.4 Å². The molecule has 5 aromatic rings. The van der Waals surface area contributed by atoms with E-state index < -0.39 is 23.4 Å². The van der Waals surface area contributed by atoms with Crippen molar-refractivity contribution in [3.63, 3.8) is 0 Å². The summed E-state index contributed by atoms with van der Waals surface area (Å²) in [6.07, 6.45) is -3.53. The highest BCUT2D eigenvalue weighted by Gasteiger charge is 2.32. The first kappa shape index (κ1) is 22.7. The highest BCUT2D eigenvalue weighted by atomic mass is 35.5. The lowest BCUT2D eigenvalue weighted by Crippen LogP contribution is -2.23. The van der Waals surface area contributed by atoms with E-state index in [9.17, 15) is 22.4 Å². The van der Waals surface area contributed by atoms with E-state index in [1.165, 1.54) is 12.1 Å². The molecule has 0 saturated carbocycles. The average molecular weight is 500 g/mol. The third-order valence-electron chi connectivity index (χ3n) is 5.30. The Bertz CT molecular complexity index is 1590. The molecule has 0 atom stereocenters. The van der Waals surface area contributed by atoms with Crippen molar-refractivity contribution in [2.75, 3.05) is 0 Å². The molecule has 2 aromatic carbocycles. The van der Waals surface area contributed by atoms with E-state index in [1.807, 2.05) is 0 Å². The Kier molecular flexibility index (Phi) is 5.60. The van der Waals surface area contributed by atoms with Gasteiger partial charge in [0.15, 0.2) is 5.65 Å². The summed E-state index contributed by atoms with van der Waals surface area (Å²) in [6.45, 7) is -0.126. The molecule has 0 N–H and O–H groups in total. The zero-order valence-corrected chi connectivity index (χ0v) is 18.4. The standard InChI is InChI=1S/C24H14ClF4N5O/c25-16-8-6-15(7-9-16)18-11-21-31-33(13-14-5-10-20(30-12-14)24(27,28)29)23(35)34(21)32-22(18)17-3-1-2-4-19(17)26/h1-12H,13H2.